The number of hydrogen-bond donors (Lipinski definition) is 1. The van der Waals surface area contributed by atoms with Crippen molar-refractivity contribution < 1.29 is 27.5 Å². The Balaban J connectivity index is 1.93. The van der Waals surface area contributed by atoms with E-state index in [0.717, 1.165) is 12.1 Å². The molecule has 0 atom stereocenters. The molecule has 6 nitrogen and oxygen atoms in total. The first-order chi connectivity index (χ1) is 13.1. The fraction of sp³-hybridized carbons (Fsp3) is 0.316. The summed E-state index contributed by atoms with van der Waals surface area (Å²) < 4.78 is 43.1. The highest BCUT2D eigenvalue weighted by molar-refractivity contribution is 6.05. The lowest BCUT2D eigenvalue weighted by Crippen LogP contribution is -2.27. The van der Waals surface area contributed by atoms with E-state index in [0.29, 0.717) is 22.6 Å². The zero-order valence-electron chi connectivity index (χ0n) is 15.3. The smallest absolute Gasteiger partial charge is 0.416 e. The van der Waals surface area contributed by atoms with Gasteiger partial charge in [0.1, 0.15) is 11.4 Å². The van der Waals surface area contributed by atoms with Gasteiger partial charge in [-0.2, -0.15) is 13.2 Å². The lowest BCUT2D eigenvalue weighted by molar-refractivity contribution is -0.137. The largest absolute Gasteiger partial charge is 0.462 e. The van der Waals surface area contributed by atoms with Gasteiger partial charge in [-0.05, 0) is 31.5 Å². The zero-order chi connectivity index (χ0) is 20.6. The number of fused-ring (bicyclic) bond motifs is 1. The van der Waals surface area contributed by atoms with Crippen molar-refractivity contribution in [3.63, 3.8) is 0 Å². The van der Waals surface area contributed by atoms with E-state index in [1.54, 1.807) is 13.8 Å². The topological polar surface area (TPSA) is 85.5 Å². The van der Waals surface area contributed by atoms with Crippen molar-refractivity contribution in [1.29, 1.82) is 0 Å². The summed E-state index contributed by atoms with van der Waals surface area (Å²) in [4.78, 5) is 30.3. The second kappa shape index (κ2) is 7.14. The predicted molar refractivity (Wildman–Crippen MR) is 95.7 cm³/mol. The van der Waals surface area contributed by atoms with Crippen LogP contribution in [0, 0.1) is 6.92 Å². The number of amides is 1. The number of alkyl halides is 3. The molecule has 0 aliphatic carbocycles. The van der Waals surface area contributed by atoms with Gasteiger partial charge in [0.05, 0.1) is 36.5 Å². The fourth-order valence-corrected chi connectivity index (χ4v) is 3.12. The maximum Gasteiger partial charge on any atom is 0.416 e. The van der Waals surface area contributed by atoms with Gasteiger partial charge in [-0.15, -0.1) is 0 Å². The van der Waals surface area contributed by atoms with Crippen molar-refractivity contribution in [1.82, 2.24) is 4.98 Å². The minimum atomic E-state index is -4.43. The molecule has 148 valence electrons. The Morgan fingerprint density at radius 3 is 2.50 bits per heavy atom. The number of carbonyl (C=O) groups excluding carboxylic acids is 2. The van der Waals surface area contributed by atoms with Gasteiger partial charge in [0.25, 0.3) is 0 Å². The number of carbonyl (C=O) groups is 2. The van der Waals surface area contributed by atoms with E-state index in [-0.39, 0.29) is 36.7 Å². The Morgan fingerprint density at radius 2 is 1.93 bits per heavy atom. The number of benzene rings is 1. The van der Waals surface area contributed by atoms with Crippen LogP contribution in [-0.2, 0) is 28.7 Å². The Labute approximate surface area is 159 Å². The molecular weight excluding hydrogens is 375 g/mol. The molecule has 0 saturated heterocycles. The molecule has 1 aliphatic rings. The number of nitrogens with zero attached hydrogens (tertiary/aromatic N) is 2. The van der Waals surface area contributed by atoms with Crippen LogP contribution in [-0.4, -0.2) is 23.5 Å². The molecule has 2 N–H and O–H groups in total. The molecule has 0 saturated carbocycles. The van der Waals surface area contributed by atoms with E-state index in [2.05, 4.69) is 4.98 Å². The second-order valence-electron chi connectivity index (χ2n) is 6.36. The molecule has 1 aromatic carbocycles. The summed E-state index contributed by atoms with van der Waals surface area (Å²) >= 11 is 0. The lowest BCUT2D eigenvalue weighted by atomic mass is 10.1. The van der Waals surface area contributed by atoms with Crippen LogP contribution in [0.1, 0.15) is 39.7 Å². The van der Waals surface area contributed by atoms with E-state index in [9.17, 15) is 22.8 Å². The summed E-state index contributed by atoms with van der Waals surface area (Å²) in [5, 5.41) is 0. The maximum atomic E-state index is 12.7. The van der Waals surface area contributed by atoms with Crippen LogP contribution in [0.15, 0.2) is 24.3 Å². The van der Waals surface area contributed by atoms with Gasteiger partial charge in [-0.1, -0.05) is 12.1 Å². The molecular formula is C19H18F3N3O3. The minimum absolute atomic E-state index is 0.0402. The van der Waals surface area contributed by atoms with Gasteiger partial charge >= 0.3 is 12.1 Å². The monoisotopic (exact) mass is 393 g/mol. The third-order valence-electron chi connectivity index (χ3n) is 4.49. The van der Waals surface area contributed by atoms with E-state index < -0.39 is 17.7 Å². The van der Waals surface area contributed by atoms with Gasteiger partial charge in [-0.3, -0.25) is 9.69 Å². The van der Waals surface area contributed by atoms with Gasteiger partial charge in [0.2, 0.25) is 5.91 Å². The average molecular weight is 393 g/mol. The maximum absolute atomic E-state index is 12.7. The number of pyridine rings is 1. The summed E-state index contributed by atoms with van der Waals surface area (Å²) in [6.45, 7) is 3.48. The molecule has 0 fully saturated rings. The number of nitrogens with two attached hydrogens (primary N) is 1. The molecule has 1 amide bonds. The normalized spacial score (nSPS) is 13.6. The lowest BCUT2D eigenvalue weighted by Gasteiger charge is -2.19. The Kier molecular flexibility index (Phi) is 5.01. The number of rotatable bonds is 4. The minimum Gasteiger partial charge on any atom is -0.462 e. The predicted octanol–water partition coefficient (Wildman–Crippen LogP) is 3.26. The van der Waals surface area contributed by atoms with Crippen LogP contribution >= 0.6 is 0 Å². The third kappa shape index (κ3) is 3.51. The number of aryl methyl sites for hydroxylation is 1. The van der Waals surface area contributed by atoms with Crippen molar-refractivity contribution in [2.45, 2.75) is 33.0 Å². The van der Waals surface area contributed by atoms with Crippen LogP contribution < -0.4 is 10.6 Å². The number of hydrogen-bond acceptors (Lipinski definition) is 5. The Bertz CT molecular complexity index is 940. The van der Waals surface area contributed by atoms with Gasteiger partial charge in [0.15, 0.2) is 0 Å². The van der Waals surface area contributed by atoms with Crippen molar-refractivity contribution in [2.75, 3.05) is 17.2 Å². The van der Waals surface area contributed by atoms with Gasteiger partial charge in [-0.25, -0.2) is 9.78 Å². The van der Waals surface area contributed by atoms with Crippen LogP contribution in [0.3, 0.4) is 0 Å². The van der Waals surface area contributed by atoms with Crippen LogP contribution in [0.4, 0.5) is 24.7 Å². The highest BCUT2D eigenvalue weighted by Crippen LogP contribution is 2.36. The zero-order valence-corrected chi connectivity index (χ0v) is 15.3. The standard InChI is InChI=1S/C19H18F3N3O3/c1-3-28-18(27)15-10(2)24-17-13(16(15)23)8-14(26)25(17)9-11-4-6-12(7-5-11)19(20,21)22/h4-7H,3,8-9H2,1-2H3,(H2,23,24). The summed E-state index contributed by atoms with van der Waals surface area (Å²) in [6, 6.07) is 4.57. The first kappa shape index (κ1) is 19.7. The van der Waals surface area contributed by atoms with Crippen LogP contribution in [0.5, 0.6) is 0 Å². The molecule has 0 spiro atoms. The average Bonchev–Trinajstić information content (AvgIpc) is 2.91. The highest BCUT2D eigenvalue weighted by atomic mass is 19.4. The van der Waals surface area contributed by atoms with Crippen molar-refractivity contribution >= 4 is 23.4 Å². The summed E-state index contributed by atoms with van der Waals surface area (Å²) in [6.07, 6.45) is -4.47. The molecule has 0 bridgehead atoms. The first-order valence-electron chi connectivity index (χ1n) is 8.56. The summed E-state index contributed by atoms with van der Waals surface area (Å²) in [5.74, 6) is -0.594. The number of aromatic nitrogens is 1. The Hall–Kier alpha value is -3.10. The molecule has 0 unspecified atom stereocenters. The number of anilines is 2. The molecule has 28 heavy (non-hydrogen) atoms. The number of nitrogen functional groups attached to an aromatic ring is 1. The molecule has 9 heteroatoms. The van der Waals surface area contributed by atoms with E-state index >= 15 is 0 Å². The van der Waals surface area contributed by atoms with Gasteiger partial charge < -0.3 is 10.5 Å². The Morgan fingerprint density at radius 1 is 1.29 bits per heavy atom. The number of ether oxygens (including phenoxy) is 1. The SMILES string of the molecule is CCOC(=O)c1c(C)nc2c(c1N)CC(=O)N2Cc1ccc(C(F)(F)F)cc1. The quantitative estimate of drug-likeness (QED) is 0.806. The van der Waals surface area contributed by atoms with Crippen molar-refractivity contribution in [3.05, 3.63) is 52.2 Å². The van der Waals surface area contributed by atoms with Crippen molar-refractivity contribution in [2.24, 2.45) is 0 Å². The van der Waals surface area contributed by atoms with E-state index in [1.165, 1.54) is 17.0 Å². The molecule has 2 heterocycles. The van der Waals surface area contributed by atoms with E-state index in [4.69, 9.17) is 10.5 Å². The first-order valence-corrected chi connectivity index (χ1v) is 8.56. The van der Waals surface area contributed by atoms with Crippen LogP contribution in [0.2, 0.25) is 0 Å². The van der Waals surface area contributed by atoms with Gasteiger partial charge in [0, 0.05) is 5.56 Å². The summed E-state index contributed by atoms with van der Waals surface area (Å²) in [5.41, 5.74) is 6.88. The third-order valence-corrected chi connectivity index (χ3v) is 4.49. The molecule has 1 aromatic heterocycles. The van der Waals surface area contributed by atoms with Crippen molar-refractivity contribution in [3.8, 4) is 0 Å². The highest BCUT2D eigenvalue weighted by Gasteiger charge is 2.34. The molecule has 0 radical (unpaired) electrons. The number of halogens is 3. The van der Waals surface area contributed by atoms with E-state index in [1.807, 2.05) is 0 Å². The molecule has 1 aliphatic heterocycles. The van der Waals surface area contributed by atoms with Crippen LogP contribution in [0.25, 0.3) is 0 Å². The second-order valence-corrected chi connectivity index (χ2v) is 6.36. The fourth-order valence-electron chi connectivity index (χ4n) is 3.12. The number of esters is 1. The molecule has 2 aromatic rings. The molecule has 3 rings (SSSR count). The summed E-state index contributed by atoms with van der Waals surface area (Å²) in [7, 11) is 0.